The first-order valence-corrected chi connectivity index (χ1v) is 6.42. The second-order valence-electron chi connectivity index (χ2n) is 4.44. The smallest absolute Gasteiger partial charge is 0.248 e. The Kier molecular flexibility index (Phi) is 4.74. The van der Waals surface area contributed by atoms with Crippen molar-refractivity contribution in [1.82, 2.24) is 0 Å². The van der Waals surface area contributed by atoms with E-state index in [1.165, 1.54) is 6.08 Å². The van der Waals surface area contributed by atoms with Gasteiger partial charge < -0.3 is 14.8 Å². The van der Waals surface area contributed by atoms with Crippen LogP contribution in [0.4, 0.5) is 5.69 Å². The van der Waals surface area contributed by atoms with Crippen molar-refractivity contribution in [3.8, 4) is 0 Å². The first-order valence-electron chi connectivity index (χ1n) is 6.42. The molecule has 2 N–H and O–H groups in total. The zero-order chi connectivity index (χ0) is 14.4. The molecule has 20 heavy (non-hydrogen) atoms. The van der Waals surface area contributed by atoms with Crippen LogP contribution in [0.25, 0.3) is 6.08 Å². The maximum atomic E-state index is 11.7. The SMILES string of the molecule is Cc1ccc(C=CC(=O)Nc2ccc(CCO)cc2)o1. The normalized spacial score (nSPS) is 10.9. The molecule has 0 aliphatic carbocycles. The molecular weight excluding hydrogens is 254 g/mol. The molecule has 1 aromatic carbocycles. The summed E-state index contributed by atoms with van der Waals surface area (Å²) in [6, 6.07) is 11.0. The Labute approximate surface area is 117 Å². The van der Waals surface area contributed by atoms with E-state index in [9.17, 15) is 4.79 Å². The van der Waals surface area contributed by atoms with Crippen LogP contribution in [0.1, 0.15) is 17.1 Å². The summed E-state index contributed by atoms with van der Waals surface area (Å²) in [6.07, 6.45) is 3.67. The summed E-state index contributed by atoms with van der Waals surface area (Å²) in [6.45, 7) is 1.97. The topological polar surface area (TPSA) is 62.5 Å². The Morgan fingerprint density at radius 2 is 2.00 bits per heavy atom. The average molecular weight is 271 g/mol. The molecule has 2 rings (SSSR count). The molecule has 1 amide bonds. The predicted octanol–water partition coefficient (Wildman–Crippen LogP) is 2.77. The zero-order valence-electron chi connectivity index (χ0n) is 11.3. The lowest BCUT2D eigenvalue weighted by Gasteiger charge is -2.03. The van der Waals surface area contributed by atoms with E-state index in [1.807, 2.05) is 43.3 Å². The van der Waals surface area contributed by atoms with Crippen LogP contribution in [0.5, 0.6) is 0 Å². The number of hydrogen-bond donors (Lipinski definition) is 2. The highest BCUT2D eigenvalue weighted by Crippen LogP contribution is 2.11. The number of amides is 1. The molecule has 1 aromatic heterocycles. The fourth-order valence-electron chi connectivity index (χ4n) is 1.77. The number of aryl methyl sites for hydroxylation is 1. The number of benzene rings is 1. The summed E-state index contributed by atoms with van der Waals surface area (Å²) in [5.41, 5.74) is 1.75. The number of carbonyl (C=O) groups excluding carboxylic acids is 1. The minimum absolute atomic E-state index is 0.122. The second kappa shape index (κ2) is 6.73. The Balaban J connectivity index is 1.92. The van der Waals surface area contributed by atoms with Gasteiger partial charge in [0.1, 0.15) is 11.5 Å². The molecule has 0 unspecified atom stereocenters. The lowest BCUT2D eigenvalue weighted by molar-refractivity contribution is -0.111. The first kappa shape index (κ1) is 14.1. The van der Waals surface area contributed by atoms with Crippen molar-refractivity contribution in [2.24, 2.45) is 0 Å². The number of rotatable bonds is 5. The lowest BCUT2D eigenvalue weighted by Crippen LogP contribution is -2.07. The number of aliphatic hydroxyl groups excluding tert-OH is 1. The van der Waals surface area contributed by atoms with Gasteiger partial charge in [-0.2, -0.15) is 0 Å². The van der Waals surface area contributed by atoms with Crippen LogP contribution in [-0.2, 0) is 11.2 Å². The van der Waals surface area contributed by atoms with Crippen molar-refractivity contribution >= 4 is 17.7 Å². The molecule has 4 nitrogen and oxygen atoms in total. The maximum absolute atomic E-state index is 11.7. The van der Waals surface area contributed by atoms with E-state index in [0.29, 0.717) is 12.2 Å². The van der Waals surface area contributed by atoms with Gasteiger partial charge in [-0.3, -0.25) is 4.79 Å². The third-order valence-electron chi connectivity index (χ3n) is 2.78. The fourth-order valence-corrected chi connectivity index (χ4v) is 1.77. The lowest BCUT2D eigenvalue weighted by atomic mass is 10.1. The summed E-state index contributed by atoms with van der Waals surface area (Å²) >= 11 is 0. The van der Waals surface area contributed by atoms with Gasteiger partial charge >= 0.3 is 0 Å². The van der Waals surface area contributed by atoms with Crippen LogP contribution in [0.15, 0.2) is 46.9 Å². The molecular formula is C16H17NO3. The van der Waals surface area contributed by atoms with E-state index in [4.69, 9.17) is 9.52 Å². The number of hydrogen-bond acceptors (Lipinski definition) is 3. The van der Waals surface area contributed by atoms with Crippen LogP contribution in [0, 0.1) is 6.92 Å². The average Bonchev–Trinajstić information content (AvgIpc) is 2.85. The van der Waals surface area contributed by atoms with Crippen molar-refractivity contribution in [3.05, 3.63) is 59.6 Å². The van der Waals surface area contributed by atoms with Crippen molar-refractivity contribution in [2.75, 3.05) is 11.9 Å². The molecule has 0 aliphatic rings. The number of anilines is 1. The highest BCUT2D eigenvalue weighted by molar-refractivity contribution is 6.01. The molecule has 1 heterocycles. The van der Waals surface area contributed by atoms with Gasteiger partial charge in [-0.05, 0) is 49.2 Å². The summed E-state index contributed by atoms with van der Waals surface area (Å²) in [4.78, 5) is 11.7. The molecule has 104 valence electrons. The Morgan fingerprint density at radius 1 is 1.25 bits per heavy atom. The first-order chi connectivity index (χ1) is 9.67. The molecule has 0 fully saturated rings. The van der Waals surface area contributed by atoms with Gasteiger partial charge in [-0.15, -0.1) is 0 Å². The van der Waals surface area contributed by atoms with Crippen LogP contribution >= 0.6 is 0 Å². The molecule has 4 heteroatoms. The Bertz CT molecular complexity index is 596. The fraction of sp³-hybridized carbons (Fsp3) is 0.188. The van der Waals surface area contributed by atoms with Crippen molar-refractivity contribution in [2.45, 2.75) is 13.3 Å². The van der Waals surface area contributed by atoms with E-state index in [1.54, 1.807) is 6.08 Å². The molecule has 0 spiro atoms. The zero-order valence-corrected chi connectivity index (χ0v) is 11.3. The Hall–Kier alpha value is -2.33. The standard InChI is InChI=1S/C16H17NO3/c1-12-2-7-15(20-12)8-9-16(19)17-14-5-3-13(4-6-14)10-11-18/h2-9,18H,10-11H2,1H3,(H,17,19). The van der Waals surface area contributed by atoms with E-state index < -0.39 is 0 Å². The molecule has 0 saturated carbocycles. The molecule has 0 saturated heterocycles. The Morgan fingerprint density at radius 3 is 2.60 bits per heavy atom. The van der Waals surface area contributed by atoms with Gasteiger partial charge in [-0.25, -0.2) is 0 Å². The molecule has 0 radical (unpaired) electrons. The molecule has 0 aliphatic heterocycles. The number of nitrogens with one attached hydrogen (secondary N) is 1. The number of carbonyl (C=O) groups is 1. The monoisotopic (exact) mass is 271 g/mol. The van der Waals surface area contributed by atoms with E-state index >= 15 is 0 Å². The van der Waals surface area contributed by atoms with E-state index in [0.717, 1.165) is 17.0 Å². The van der Waals surface area contributed by atoms with Gasteiger partial charge in [0, 0.05) is 18.4 Å². The maximum Gasteiger partial charge on any atom is 0.248 e. The third-order valence-corrected chi connectivity index (χ3v) is 2.78. The van der Waals surface area contributed by atoms with Crippen LogP contribution in [-0.4, -0.2) is 17.6 Å². The number of furan rings is 1. The van der Waals surface area contributed by atoms with Crippen molar-refractivity contribution in [3.63, 3.8) is 0 Å². The minimum Gasteiger partial charge on any atom is -0.462 e. The van der Waals surface area contributed by atoms with Crippen LogP contribution in [0.3, 0.4) is 0 Å². The van der Waals surface area contributed by atoms with Gasteiger partial charge in [0.15, 0.2) is 0 Å². The van der Waals surface area contributed by atoms with Gasteiger partial charge in [-0.1, -0.05) is 12.1 Å². The molecule has 0 atom stereocenters. The predicted molar refractivity (Wildman–Crippen MR) is 78.3 cm³/mol. The quantitative estimate of drug-likeness (QED) is 0.822. The summed E-state index contributed by atoms with van der Waals surface area (Å²) in [5.74, 6) is 1.24. The van der Waals surface area contributed by atoms with Gasteiger partial charge in [0.05, 0.1) is 0 Å². The van der Waals surface area contributed by atoms with Crippen molar-refractivity contribution in [1.29, 1.82) is 0 Å². The largest absolute Gasteiger partial charge is 0.462 e. The van der Waals surface area contributed by atoms with Gasteiger partial charge in [0.25, 0.3) is 0 Å². The third kappa shape index (κ3) is 4.10. The number of aliphatic hydroxyl groups is 1. The van der Waals surface area contributed by atoms with E-state index in [2.05, 4.69) is 5.32 Å². The van der Waals surface area contributed by atoms with Crippen LogP contribution in [0.2, 0.25) is 0 Å². The highest BCUT2D eigenvalue weighted by atomic mass is 16.3. The molecule has 2 aromatic rings. The van der Waals surface area contributed by atoms with Gasteiger partial charge in [0.2, 0.25) is 5.91 Å². The van der Waals surface area contributed by atoms with Crippen molar-refractivity contribution < 1.29 is 14.3 Å². The minimum atomic E-state index is -0.214. The summed E-state index contributed by atoms with van der Waals surface area (Å²) in [7, 11) is 0. The van der Waals surface area contributed by atoms with E-state index in [-0.39, 0.29) is 12.5 Å². The second-order valence-corrected chi connectivity index (χ2v) is 4.44. The molecule has 0 bridgehead atoms. The van der Waals surface area contributed by atoms with Crippen LogP contribution < -0.4 is 5.32 Å². The summed E-state index contributed by atoms with van der Waals surface area (Å²) in [5, 5.41) is 11.6. The summed E-state index contributed by atoms with van der Waals surface area (Å²) < 4.78 is 5.34. The highest BCUT2D eigenvalue weighted by Gasteiger charge is 1.99.